The van der Waals surface area contributed by atoms with Crippen LogP contribution in [0.4, 0.5) is 0 Å². The van der Waals surface area contributed by atoms with Gasteiger partial charge in [0.25, 0.3) is 0 Å². The Bertz CT molecular complexity index is 603. The van der Waals surface area contributed by atoms with Gasteiger partial charge in [0.05, 0.1) is 12.7 Å². The van der Waals surface area contributed by atoms with Crippen LogP contribution in [0.5, 0.6) is 5.75 Å². The minimum atomic E-state index is 0.121. The van der Waals surface area contributed by atoms with Gasteiger partial charge in [-0.15, -0.1) is 0 Å². The van der Waals surface area contributed by atoms with E-state index in [0.717, 1.165) is 36.3 Å². The van der Waals surface area contributed by atoms with Crippen LogP contribution in [0.15, 0.2) is 53.0 Å². The molecule has 110 valence electrons. The number of nitrogens with zero attached hydrogens (tertiary/aromatic N) is 1. The highest BCUT2D eigenvalue weighted by Crippen LogP contribution is 2.26. The molecule has 0 amide bonds. The zero-order chi connectivity index (χ0) is 14.7. The first-order chi connectivity index (χ1) is 10.2. The van der Waals surface area contributed by atoms with Crippen LogP contribution in [0, 0.1) is 0 Å². The van der Waals surface area contributed by atoms with Gasteiger partial charge in [0.1, 0.15) is 5.75 Å². The van der Waals surface area contributed by atoms with E-state index in [0.29, 0.717) is 5.75 Å². The molecule has 0 spiro atoms. The van der Waals surface area contributed by atoms with Crippen LogP contribution in [0.25, 0.3) is 0 Å². The van der Waals surface area contributed by atoms with Crippen molar-refractivity contribution in [1.29, 1.82) is 0 Å². The Labute approximate surface area is 133 Å². The first-order valence-corrected chi connectivity index (χ1v) is 7.88. The van der Waals surface area contributed by atoms with Crippen molar-refractivity contribution in [1.82, 2.24) is 4.90 Å². The van der Waals surface area contributed by atoms with Gasteiger partial charge in [-0.25, -0.2) is 0 Å². The molecule has 2 aromatic rings. The van der Waals surface area contributed by atoms with Crippen molar-refractivity contribution in [2.45, 2.75) is 12.6 Å². The van der Waals surface area contributed by atoms with Gasteiger partial charge in [-0.2, -0.15) is 0 Å². The fourth-order valence-electron chi connectivity index (χ4n) is 2.64. The van der Waals surface area contributed by atoms with Crippen LogP contribution >= 0.6 is 15.9 Å². The highest BCUT2D eigenvalue weighted by molar-refractivity contribution is 9.10. The van der Waals surface area contributed by atoms with Crippen LogP contribution in [-0.2, 0) is 11.3 Å². The van der Waals surface area contributed by atoms with Gasteiger partial charge in [-0.3, -0.25) is 4.90 Å². The number of ether oxygens (including phenoxy) is 1. The van der Waals surface area contributed by atoms with Crippen LogP contribution in [0.3, 0.4) is 0 Å². The summed E-state index contributed by atoms with van der Waals surface area (Å²) in [5.41, 5.74) is 2.32. The van der Waals surface area contributed by atoms with Crippen LogP contribution in [-0.4, -0.2) is 29.7 Å². The summed E-state index contributed by atoms with van der Waals surface area (Å²) in [6, 6.07) is 15.7. The maximum Gasteiger partial charge on any atom is 0.115 e. The Morgan fingerprint density at radius 2 is 2.00 bits per heavy atom. The van der Waals surface area contributed by atoms with Gasteiger partial charge in [-0.05, 0) is 29.3 Å². The van der Waals surface area contributed by atoms with Crippen molar-refractivity contribution in [3.63, 3.8) is 0 Å². The molecule has 0 bridgehead atoms. The second-order valence-electron chi connectivity index (χ2n) is 5.28. The molecule has 0 aliphatic carbocycles. The van der Waals surface area contributed by atoms with E-state index in [4.69, 9.17) is 4.74 Å². The van der Waals surface area contributed by atoms with Gasteiger partial charge < -0.3 is 9.84 Å². The van der Waals surface area contributed by atoms with Crippen LogP contribution < -0.4 is 0 Å². The zero-order valence-corrected chi connectivity index (χ0v) is 13.3. The molecule has 1 unspecified atom stereocenters. The third kappa shape index (κ3) is 3.64. The molecule has 4 heteroatoms. The molecule has 1 fully saturated rings. The number of morpholine rings is 1. The van der Waals surface area contributed by atoms with E-state index in [1.54, 1.807) is 6.07 Å². The number of phenolic OH excluding ortho intramolecular Hbond substituents is 1. The van der Waals surface area contributed by atoms with Crippen molar-refractivity contribution >= 4 is 15.9 Å². The summed E-state index contributed by atoms with van der Waals surface area (Å²) in [7, 11) is 0. The predicted octanol–water partition coefficient (Wildman–Crippen LogP) is 3.73. The average molecular weight is 348 g/mol. The van der Waals surface area contributed by atoms with Crippen molar-refractivity contribution in [2.24, 2.45) is 0 Å². The van der Waals surface area contributed by atoms with Crippen LogP contribution in [0.1, 0.15) is 17.2 Å². The molecule has 0 aromatic heterocycles. The quantitative estimate of drug-likeness (QED) is 0.918. The molecule has 1 saturated heterocycles. The number of hydrogen-bond donors (Lipinski definition) is 1. The lowest BCUT2D eigenvalue weighted by molar-refractivity contribution is -0.0330. The Kier molecular flexibility index (Phi) is 4.58. The standard InChI is InChI=1S/C17H18BrNO2/c18-16-7-6-15(20)10-14(16)11-19-8-9-21-17(12-19)13-4-2-1-3-5-13/h1-7,10,17,20H,8-9,11-12H2. The zero-order valence-electron chi connectivity index (χ0n) is 11.7. The molecule has 0 saturated carbocycles. The first-order valence-electron chi connectivity index (χ1n) is 7.08. The van der Waals surface area contributed by atoms with E-state index < -0.39 is 0 Å². The summed E-state index contributed by atoms with van der Waals surface area (Å²) in [6.07, 6.45) is 0.121. The van der Waals surface area contributed by atoms with Gasteiger partial charge in [0, 0.05) is 24.1 Å². The number of phenols is 1. The normalized spacial score (nSPS) is 19.6. The number of rotatable bonds is 3. The molecule has 1 aliphatic rings. The third-order valence-electron chi connectivity index (χ3n) is 3.75. The smallest absolute Gasteiger partial charge is 0.115 e. The maximum atomic E-state index is 9.63. The predicted molar refractivity (Wildman–Crippen MR) is 86.2 cm³/mol. The minimum Gasteiger partial charge on any atom is -0.508 e. The van der Waals surface area contributed by atoms with Crippen molar-refractivity contribution in [2.75, 3.05) is 19.7 Å². The molecular weight excluding hydrogens is 330 g/mol. The fourth-order valence-corrected chi connectivity index (χ4v) is 3.01. The summed E-state index contributed by atoms with van der Waals surface area (Å²) in [6.45, 7) is 3.31. The molecule has 3 nitrogen and oxygen atoms in total. The number of hydrogen-bond acceptors (Lipinski definition) is 3. The Hall–Kier alpha value is -1.36. The lowest BCUT2D eigenvalue weighted by Gasteiger charge is -2.33. The van der Waals surface area contributed by atoms with E-state index in [9.17, 15) is 5.11 Å². The van der Waals surface area contributed by atoms with E-state index in [1.807, 2.05) is 30.3 Å². The molecular formula is C17H18BrNO2. The number of halogens is 1. The van der Waals surface area contributed by atoms with Crippen molar-refractivity contribution in [3.8, 4) is 5.75 Å². The molecule has 1 N–H and O–H groups in total. The molecule has 2 aromatic carbocycles. The van der Waals surface area contributed by atoms with Crippen molar-refractivity contribution in [3.05, 3.63) is 64.1 Å². The highest BCUT2D eigenvalue weighted by atomic mass is 79.9. The summed E-state index contributed by atoms with van der Waals surface area (Å²) in [4.78, 5) is 2.36. The molecule has 1 atom stereocenters. The van der Waals surface area contributed by atoms with Crippen molar-refractivity contribution < 1.29 is 9.84 Å². The highest BCUT2D eigenvalue weighted by Gasteiger charge is 2.22. The number of aromatic hydroxyl groups is 1. The van der Waals surface area contributed by atoms with Gasteiger partial charge in [0.15, 0.2) is 0 Å². The first kappa shape index (κ1) is 14.6. The fraction of sp³-hybridized carbons (Fsp3) is 0.294. The SMILES string of the molecule is Oc1ccc(Br)c(CN2CCOC(c3ccccc3)C2)c1. The van der Waals surface area contributed by atoms with Gasteiger partial charge in [-0.1, -0.05) is 46.3 Å². The molecule has 0 radical (unpaired) electrons. The topological polar surface area (TPSA) is 32.7 Å². The summed E-state index contributed by atoms with van der Waals surface area (Å²) >= 11 is 3.55. The van der Waals surface area contributed by atoms with Crippen LogP contribution in [0.2, 0.25) is 0 Å². The average Bonchev–Trinajstić information content (AvgIpc) is 2.52. The molecule has 21 heavy (non-hydrogen) atoms. The van der Waals surface area contributed by atoms with Gasteiger partial charge >= 0.3 is 0 Å². The van der Waals surface area contributed by atoms with Gasteiger partial charge in [0.2, 0.25) is 0 Å². The Balaban J connectivity index is 1.70. The lowest BCUT2D eigenvalue weighted by atomic mass is 10.1. The van der Waals surface area contributed by atoms with E-state index in [1.165, 1.54) is 5.56 Å². The second kappa shape index (κ2) is 6.60. The minimum absolute atomic E-state index is 0.121. The number of benzene rings is 2. The summed E-state index contributed by atoms with van der Waals surface area (Å²) in [5.74, 6) is 0.307. The monoisotopic (exact) mass is 347 g/mol. The van der Waals surface area contributed by atoms with E-state index in [-0.39, 0.29) is 6.10 Å². The Morgan fingerprint density at radius 3 is 2.81 bits per heavy atom. The molecule has 3 rings (SSSR count). The van der Waals surface area contributed by atoms with E-state index in [2.05, 4.69) is 33.0 Å². The maximum absolute atomic E-state index is 9.63. The molecule has 1 heterocycles. The second-order valence-corrected chi connectivity index (χ2v) is 6.14. The summed E-state index contributed by atoms with van der Waals surface area (Å²) in [5, 5.41) is 9.63. The van der Waals surface area contributed by atoms with E-state index >= 15 is 0 Å². The lowest BCUT2D eigenvalue weighted by Crippen LogP contribution is -2.37. The Morgan fingerprint density at radius 1 is 1.19 bits per heavy atom. The third-order valence-corrected chi connectivity index (χ3v) is 4.52. The molecule has 1 aliphatic heterocycles. The summed E-state index contributed by atoms with van der Waals surface area (Å²) < 4.78 is 6.91. The largest absolute Gasteiger partial charge is 0.508 e.